The normalized spacial score (nSPS) is 11.4. The van der Waals surface area contributed by atoms with Gasteiger partial charge in [-0.15, -0.1) is 0 Å². The molecule has 1 rings (SSSR count). The Balaban J connectivity index is 3.07. The third-order valence-corrected chi connectivity index (χ3v) is 4.14. The van der Waals surface area contributed by atoms with Crippen LogP contribution in [-0.4, -0.2) is 15.0 Å². The molecule has 0 atom stereocenters. The van der Waals surface area contributed by atoms with Crippen LogP contribution in [0.15, 0.2) is 39.7 Å². The van der Waals surface area contributed by atoms with Crippen LogP contribution in [-0.2, 0) is 10.0 Å². The topological polar surface area (TPSA) is 46.2 Å². The van der Waals surface area contributed by atoms with E-state index in [0.29, 0.717) is 10.0 Å². The van der Waals surface area contributed by atoms with Crippen LogP contribution in [0.4, 0.5) is 4.39 Å². The summed E-state index contributed by atoms with van der Waals surface area (Å²) in [6.07, 6.45) is 0. The average molecular weight is 308 g/mol. The van der Waals surface area contributed by atoms with E-state index in [2.05, 4.69) is 27.2 Å². The molecule has 0 aliphatic heterocycles. The Kier molecular flexibility index (Phi) is 4.23. The summed E-state index contributed by atoms with van der Waals surface area (Å²) in [6.45, 7) is 5.41. The number of sulfonamides is 1. The molecule has 0 aliphatic carbocycles. The molecule has 0 heterocycles. The van der Waals surface area contributed by atoms with Crippen molar-refractivity contribution >= 4 is 26.0 Å². The lowest BCUT2D eigenvalue weighted by Crippen LogP contribution is -2.25. The van der Waals surface area contributed by atoms with Crippen LogP contribution in [0.1, 0.15) is 6.92 Å². The van der Waals surface area contributed by atoms with Gasteiger partial charge in [-0.2, -0.15) is 0 Å². The Bertz CT molecular complexity index is 514. The molecule has 0 amide bonds. The summed E-state index contributed by atoms with van der Waals surface area (Å²) < 4.78 is 39.1. The van der Waals surface area contributed by atoms with Crippen molar-refractivity contribution in [2.24, 2.45) is 0 Å². The molecule has 0 saturated carbocycles. The summed E-state index contributed by atoms with van der Waals surface area (Å²) in [5, 5.41) is 0. The minimum absolute atomic E-state index is 0.117. The predicted octanol–water partition coefficient (Wildman–Crippen LogP) is 2.44. The van der Waals surface area contributed by atoms with Crippen molar-refractivity contribution in [1.29, 1.82) is 0 Å². The third kappa shape index (κ3) is 3.40. The second kappa shape index (κ2) is 5.07. The van der Waals surface area contributed by atoms with E-state index >= 15 is 0 Å². The van der Waals surface area contributed by atoms with Gasteiger partial charge in [-0.25, -0.2) is 17.5 Å². The lowest BCUT2D eigenvalue weighted by Gasteiger charge is -2.08. The summed E-state index contributed by atoms with van der Waals surface area (Å²) in [5.41, 5.74) is 0.677. The highest BCUT2D eigenvalue weighted by molar-refractivity contribution is 9.10. The first kappa shape index (κ1) is 13.3. The molecule has 16 heavy (non-hydrogen) atoms. The molecule has 1 aromatic rings. The van der Waals surface area contributed by atoms with Crippen LogP contribution >= 0.6 is 15.9 Å². The summed E-state index contributed by atoms with van der Waals surface area (Å²) in [6, 6.07) is 3.50. The van der Waals surface area contributed by atoms with Crippen molar-refractivity contribution in [2.75, 3.05) is 6.54 Å². The molecule has 1 N–H and O–H groups in total. The van der Waals surface area contributed by atoms with Crippen LogP contribution in [0.2, 0.25) is 0 Å². The fourth-order valence-corrected chi connectivity index (χ4v) is 3.05. The standard InChI is InChI=1S/C10H11BrFNO2S/c1-7(2)6-13-16(14,15)10-5-8(12)3-4-9(10)11/h3-5,13H,1,6H2,2H3. The smallest absolute Gasteiger partial charge is 0.207 e. The first-order valence-electron chi connectivity index (χ1n) is 4.42. The van der Waals surface area contributed by atoms with E-state index in [4.69, 9.17) is 0 Å². The lowest BCUT2D eigenvalue weighted by atomic mass is 10.3. The Labute approximate surface area is 103 Å². The van der Waals surface area contributed by atoms with Crippen LogP contribution < -0.4 is 4.72 Å². The zero-order valence-electron chi connectivity index (χ0n) is 8.63. The Hall–Kier alpha value is -0.720. The summed E-state index contributed by atoms with van der Waals surface area (Å²) >= 11 is 3.07. The Morgan fingerprint density at radius 3 is 2.75 bits per heavy atom. The molecule has 6 heteroatoms. The summed E-state index contributed by atoms with van der Waals surface area (Å²) in [7, 11) is -3.71. The van der Waals surface area contributed by atoms with E-state index < -0.39 is 15.8 Å². The largest absolute Gasteiger partial charge is 0.242 e. The maximum Gasteiger partial charge on any atom is 0.242 e. The molecule has 1 aromatic carbocycles. The molecule has 0 fully saturated rings. The Morgan fingerprint density at radius 2 is 2.19 bits per heavy atom. The first-order valence-corrected chi connectivity index (χ1v) is 6.69. The highest BCUT2D eigenvalue weighted by Crippen LogP contribution is 2.22. The van der Waals surface area contributed by atoms with Crippen molar-refractivity contribution in [2.45, 2.75) is 11.8 Å². The molecule has 0 bridgehead atoms. The van der Waals surface area contributed by atoms with E-state index in [1.54, 1.807) is 6.92 Å². The summed E-state index contributed by atoms with van der Waals surface area (Å²) in [4.78, 5) is -0.117. The molecule has 0 aromatic heterocycles. The van der Waals surface area contributed by atoms with Gasteiger partial charge in [0.15, 0.2) is 0 Å². The maximum atomic E-state index is 12.9. The molecule has 0 radical (unpaired) electrons. The van der Waals surface area contributed by atoms with Gasteiger partial charge in [-0.05, 0) is 41.1 Å². The van der Waals surface area contributed by atoms with E-state index in [1.807, 2.05) is 0 Å². The van der Waals surface area contributed by atoms with Gasteiger partial charge in [0.1, 0.15) is 5.82 Å². The van der Waals surface area contributed by atoms with Crippen molar-refractivity contribution in [3.8, 4) is 0 Å². The van der Waals surface area contributed by atoms with Gasteiger partial charge in [0.2, 0.25) is 10.0 Å². The molecule has 0 spiro atoms. The quantitative estimate of drug-likeness (QED) is 0.869. The van der Waals surface area contributed by atoms with Gasteiger partial charge >= 0.3 is 0 Å². The molecule has 88 valence electrons. The maximum absolute atomic E-state index is 12.9. The SMILES string of the molecule is C=C(C)CNS(=O)(=O)c1cc(F)ccc1Br. The second-order valence-electron chi connectivity index (χ2n) is 3.36. The van der Waals surface area contributed by atoms with Crippen molar-refractivity contribution < 1.29 is 12.8 Å². The predicted molar refractivity (Wildman–Crippen MR) is 64.1 cm³/mol. The van der Waals surface area contributed by atoms with Crippen LogP contribution in [0.25, 0.3) is 0 Å². The third-order valence-electron chi connectivity index (χ3n) is 1.75. The number of rotatable bonds is 4. The van der Waals surface area contributed by atoms with Gasteiger partial charge < -0.3 is 0 Å². The first-order chi connectivity index (χ1) is 7.33. The van der Waals surface area contributed by atoms with Crippen LogP contribution in [0.3, 0.4) is 0 Å². The number of hydrogen-bond acceptors (Lipinski definition) is 2. The molecular formula is C10H11BrFNO2S. The highest BCUT2D eigenvalue weighted by atomic mass is 79.9. The zero-order chi connectivity index (χ0) is 12.3. The number of benzene rings is 1. The van der Waals surface area contributed by atoms with Crippen molar-refractivity contribution in [1.82, 2.24) is 4.72 Å². The van der Waals surface area contributed by atoms with E-state index in [1.165, 1.54) is 12.1 Å². The molecule has 0 aliphatic rings. The molecule has 0 saturated heterocycles. The van der Waals surface area contributed by atoms with Gasteiger partial charge in [-0.1, -0.05) is 12.2 Å². The van der Waals surface area contributed by atoms with Crippen molar-refractivity contribution in [3.05, 3.63) is 40.6 Å². The fourth-order valence-electron chi connectivity index (χ4n) is 0.979. The van der Waals surface area contributed by atoms with E-state index in [9.17, 15) is 12.8 Å². The van der Waals surface area contributed by atoms with Crippen LogP contribution in [0.5, 0.6) is 0 Å². The fraction of sp³-hybridized carbons (Fsp3) is 0.200. The van der Waals surface area contributed by atoms with Gasteiger partial charge in [0, 0.05) is 11.0 Å². The van der Waals surface area contributed by atoms with Crippen molar-refractivity contribution in [3.63, 3.8) is 0 Å². The highest BCUT2D eigenvalue weighted by Gasteiger charge is 2.17. The minimum Gasteiger partial charge on any atom is -0.207 e. The lowest BCUT2D eigenvalue weighted by molar-refractivity contribution is 0.579. The molecule has 0 unspecified atom stereocenters. The molecule has 3 nitrogen and oxygen atoms in total. The van der Waals surface area contributed by atoms with Crippen LogP contribution in [0, 0.1) is 5.82 Å². The van der Waals surface area contributed by atoms with Gasteiger partial charge in [-0.3, -0.25) is 0 Å². The zero-order valence-corrected chi connectivity index (χ0v) is 11.0. The minimum atomic E-state index is -3.71. The number of halogens is 2. The van der Waals surface area contributed by atoms with Gasteiger partial charge in [0.25, 0.3) is 0 Å². The second-order valence-corrected chi connectivity index (χ2v) is 5.95. The number of hydrogen-bond donors (Lipinski definition) is 1. The summed E-state index contributed by atoms with van der Waals surface area (Å²) in [5.74, 6) is -0.598. The monoisotopic (exact) mass is 307 g/mol. The number of nitrogens with one attached hydrogen (secondary N) is 1. The average Bonchev–Trinajstić information content (AvgIpc) is 2.19. The molecular weight excluding hydrogens is 297 g/mol. The van der Waals surface area contributed by atoms with E-state index in [-0.39, 0.29) is 11.4 Å². The van der Waals surface area contributed by atoms with E-state index in [0.717, 1.165) is 6.07 Å². The van der Waals surface area contributed by atoms with Gasteiger partial charge in [0.05, 0.1) is 4.90 Å². The Morgan fingerprint density at radius 1 is 1.56 bits per heavy atom.